The first kappa shape index (κ1) is 16.7. The van der Waals surface area contributed by atoms with E-state index in [4.69, 9.17) is 16.3 Å². The SMILES string of the molecule is [C-]#[N+]c1ccc2ncc3nc(C4CCCC4)n([C@@H]4CCO[C@H](C)C4)c3c2c1. The minimum Gasteiger partial charge on any atom is -0.378 e. The number of hydrogen-bond acceptors (Lipinski definition) is 3. The van der Waals surface area contributed by atoms with Gasteiger partial charge >= 0.3 is 0 Å². The lowest BCUT2D eigenvalue weighted by atomic mass is 10.0. The van der Waals surface area contributed by atoms with Crippen molar-refractivity contribution in [1.82, 2.24) is 14.5 Å². The van der Waals surface area contributed by atoms with Crippen LogP contribution in [0.3, 0.4) is 0 Å². The molecule has 0 radical (unpaired) electrons. The molecule has 0 unspecified atom stereocenters. The zero-order chi connectivity index (χ0) is 18.4. The molecular formula is C22H24N4O. The van der Waals surface area contributed by atoms with Gasteiger partial charge in [0.2, 0.25) is 0 Å². The van der Waals surface area contributed by atoms with Gasteiger partial charge in [-0.1, -0.05) is 18.9 Å². The Hall–Kier alpha value is -2.45. The van der Waals surface area contributed by atoms with Gasteiger partial charge in [-0.15, -0.1) is 0 Å². The number of ether oxygens (including phenoxy) is 1. The summed E-state index contributed by atoms with van der Waals surface area (Å²) < 4.78 is 8.32. The minimum atomic E-state index is 0.268. The van der Waals surface area contributed by atoms with Crippen molar-refractivity contribution in [3.05, 3.63) is 41.6 Å². The van der Waals surface area contributed by atoms with Crippen molar-refractivity contribution in [2.45, 2.75) is 63.5 Å². The quantitative estimate of drug-likeness (QED) is 0.564. The number of fused-ring (bicyclic) bond motifs is 3. The Morgan fingerprint density at radius 3 is 2.81 bits per heavy atom. The van der Waals surface area contributed by atoms with Crippen LogP contribution in [-0.4, -0.2) is 27.2 Å². The summed E-state index contributed by atoms with van der Waals surface area (Å²) in [6, 6.07) is 6.19. The second-order valence-corrected chi connectivity index (χ2v) is 7.99. The van der Waals surface area contributed by atoms with Crippen LogP contribution < -0.4 is 0 Å². The van der Waals surface area contributed by atoms with Gasteiger partial charge < -0.3 is 9.30 Å². The Morgan fingerprint density at radius 1 is 1.19 bits per heavy atom. The van der Waals surface area contributed by atoms with Gasteiger partial charge in [-0.3, -0.25) is 4.98 Å². The van der Waals surface area contributed by atoms with Crippen LogP contribution in [0.2, 0.25) is 0 Å². The van der Waals surface area contributed by atoms with E-state index in [2.05, 4.69) is 21.3 Å². The monoisotopic (exact) mass is 360 g/mol. The zero-order valence-electron chi connectivity index (χ0n) is 15.7. The van der Waals surface area contributed by atoms with Gasteiger partial charge in [0.25, 0.3) is 0 Å². The Morgan fingerprint density at radius 2 is 2.04 bits per heavy atom. The van der Waals surface area contributed by atoms with Gasteiger partial charge in [-0.2, -0.15) is 0 Å². The zero-order valence-corrected chi connectivity index (χ0v) is 15.7. The predicted molar refractivity (Wildman–Crippen MR) is 106 cm³/mol. The lowest BCUT2D eigenvalue weighted by molar-refractivity contribution is 0.00607. The highest BCUT2D eigenvalue weighted by atomic mass is 16.5. The molecule has 5 heteroatoms. The predicted octanol–water partition coefficient (Wildman–Crippen LogP) is 5.53. The summed E-state index contributed by atoms with van der Waals surface area (Å²) in [5, 5.41) is 1.05. The van der Waals surface area contributed by atoms with E-state index in [9.17, 15) is 0 Å². The van der Waals surface area contributed by atoms with E-state index in [-0.39, 0.29) is 6.10 Å². The topological polar surface area (TPSA) is 44.3 Å². The molecular weight excluding hydrogens is 336 g/mol. The third-order valence-corrected chi connectivity index (χ3v) is 6.20. The maximum absolute atomic E-state index is 7.41. The van der Waals surface area contributed by atoms with E-state index < -0.39 is 0 Å². The van der Waals surface area contributed by atoms with Crippen LogP contribution in [-0.2, 0) is 4.74 Å². The number of hydrogen-bond donors (Lipinski definition) is 0. The maximum Gasteiger partial charge on any atom is 0.188 e. The average molecular weight is 360 g/mol. The molecule has 2 atom stereocenters. The van der Waals surface area contributed by atoms with Gasteiger partial charge in [0, 0.05) is 24.0 Å². The molecule has 3 heterocycles. The highest BCUT2D eigenvalue weighted by Crippen LogP contribution is 2.40. The van der Waals surface area contributed by atoms with Crippen LogP contribution in [0.4, 0.5) is 5.69 Å². The largest absolute Gasteiger partial charge is 0.378 e. The average Bonchev–Trinajstić information content (AvgIpc) is 3.35. The molecule has 5 nitrogen and oxygen atoms in total. The second-order valence-electron chi connectivity index (χ2n) is 7.99. The van der Waals surface area contributed by atoms with Crippen LogP contribution in [0.5, 0.6) is 0 Å². The summed E-state index contributed by atoms with van der Waals surface area (Å²) in [5.41, 5.74) is 3.72. The molecule has 3 aromatic rings. The first-order valence-electron chi connectivity index (χ1n) is 10.0. The Kier molecular flexibility index (Phi) is 4.09. The fourth-order valence-electron chi connectivity index (χ4n) is 4.90. The van der Waals surface area contributed by atoms with Crippen LogP contribution in [0, 0.1) is 6.57 Å². The molecule has 2 aliphatic rings. The molecule has 1 aliphatic carbocycles. The summed E-state index contributed by atoms with van der Waals surface area (Å²) in [4.78, 5) is 13.3. The molecule has 2 aromatic heterocycles. The van der Waals surface area contributed by atoms with Crippen LogP contribution in [0.1, 0.15) is 63.2 Å². The van der Waals surface area contributed by atoms with Crippen LogP contribution >= 0.6 is 0 Å². The summed E-state index contributed by atoms with van der Waals surface area (Å²) in [5.74, 6) is 1.76. The fraction of sp³-hybridized carbons (Fsp3) is 0.500. The Labute approximate surface area is 159 Å². The number of imidazole rings is 1. The number of rotatable bonds is 2. The summed E-state index contributed by atoms with van der Waals surface area (Å²) in [7, 11) is 0. The molecule has 0 N–H and O–H groups in total. The van der Waals surface area contributed by atoms with E-state index in [0.717, 1.165) is 41.4 Å². The number of nitrogens with zero attached hydrogens (tertiary/aromatic N) is 4. The van der Waals surface area contributed by atoms with Gasteiger partial charge in [0.15, 0.2) is 5.69 Å². The van der Waals surface area contributed by atoms with E-state index >= 15 is 0 Å². The van der Waals surface area contributed by atoms with E-state index in [1.54, 1.807) is 0 Å². The van der Waals surface area contributed by atoms with E-state index in [1.807, 2.05) is 24.4 Å². The molecule has 0 amide bonds. The van der Waals surface area contributed by atoms with Gasteiger partial charge in [-0.05, 0) is 44.7 Å². The summed E-state index contributed by atoms with van der Waals surface area (Å²) in [6.45, 7) is 10.4. The van der Waals surface area contributed by atoms with Crippen molar-refractivity contribution in [2.75, 3.05) is 6.61 Å². The molecule has 1 saturated heterocycles. The van der Waals surface area contributed by atoms with Crippen molar-refractivity contribution in [3.63, 3.8) is 0 Å². The standard InChI is InChI=1S/C22H24N4O/c1-14-11-17(9-10-27-14)26-21-18-12-16(23-2)7-8-19(18)24-13-20(21)25-22(26)15-5-3-4-6-15/h7-8,12-15,17H,3-6,9-11H2,1H3/t14-,17-/m1/s1. The first-order valence-corrected chi connectivity index (χ1v) is 10.0. The molecule has 5 rings (SSSR count). The molecule has 27 heavy (non-hydrogen) atoms. The normalized spacial score (nSPS) is 23.9. The number of pyridine rings is 1. The molecule has 1 aromatic carbocycles. The van der Waals surface area contributed by atoms with Gasteiger partial charge in [0.1, 0.15) is 11.3 Å². The summed E-state index contributed by atoms with van der Waals surface area (Å²) >= 11 is 0. The number of benzene rings is 1. The van der Waals surface area contributed by atoms with Gasteiger partial charge in [0.05, 0.1) is 29.9 Å². The molecule has 0 bridgehead atoms. The fourth-order valence-corrected chi connectivity index (χ4v) is 4.90. The van der Waals surface area contributed by atoms with E-state index in [0.29, 0.717) is 17.6 Å². The van der Waals surface area contributed by atoms with Crippen molar-refractivity contribution in [3.8, 4) is 0 Å². The van der Waals surface area contributed by atoms with Crippen molar-refractivity contribution in [2.24, 2.45) is 0 Å². The van der Waals surface area contributed by atoms with Crippen molar-refractivity contribution < 1.29 is 4.74 Å². The Balaban J connectivity index is 1.79. The summed E-state index contributed by atoms with van der Waals surface area (Å²) in [6.07, 6.45) is 9.23. The third kappa shape index (κ3) is 2.80. The molecule has 0 spiro atoms. The minimum absolute atomic E-state index is 0.268. The molecule has 1 aliphatic heterocycles. The van der Waals surface area contributed by atoms with E-state index in [1.165, 1.54) is 31.5 Å². The van der Waals surface area contributed by atoms with Gasteiger partial charge in [-0.25, -0.2) is 9.83 Å². The maximum atomic E-state index is 7.41. The highest BCUT2D eigenvalue weighted by molar-refractivity contribution is 6.03. The lowest BCUT2D eigenvalue weighted by Crippen LogP contribution is -2.27. The lowest BCUT2D eigenvalue weighted by Gasteiger charge is -2.31. The van der Waals surface area contributed by atoms with Crippen LogP contribution in [0.25, 0.3) is 26.8 Å². The third-order valence-electron chi connectivity index (χ3n) is 6.20. The first-order chi connectivity index (χ1) is 13.2. The number of aromatic nitrogens is 3. The molecule has 138 valence electrons. The van der Waals surface area contributed by atoms with Crippen molar-refractivity contribution >= 4 is 27.6 Å². The highest BCUT2D eigenvalue weighted by Gasteiger charge is 2.30. The molecule has 1 saturated carbocycles. The smallest absolute Gasteiger partial charge is 0.188 e. The Bertz CT molecular complexity index is 1040. The second kappa shape index (κ2) is 6.61. The van der Waals surface area contributed by atoms with Crippen LogP contribution in [0.15, 0.2) is 24.4 Å². The van der Waals surface area contributed by atoms with Crippen molar-refractivity contribution in [1.29, 1.82) is 0 Å². The molecule has 2 fully saturated rings.